The number of anilines is 1. The average molecular weight is 375 g/mol. The molecule has 26 heavy (non-hydrogen) atoms. The molecule has 1 saturated carbocycles. The predicted octanol–water partition coefficient (Wildman–Crippen LogP) is 4.94. The van der Waals surface area contributed by atoms with Crippen LogP contribution in [0.1, 0.15) is 18.5 Å². The highest BCUT2D eigenvalue weighted by atomic mass is 35.5. The number of nitrogens with one attached hydrogen (secondary N) is 1. The molecule has 7 heteroatoms. The third-order valence-electron chi connectivity index (χ3n) is 4.49. The highest BCUT2D eigenvalue weighted by molar-refractivity contribution is 6.30. The summed E-state index contributed by atoms with van der Waals surface area (Å²) in [5.41, 5.74) is 0.357. The van der Waals surface area contributed by atoms with Gasteiger partial charge in [-0.25, -0.2) is 8.78 Å². The van der Waals surface area contributed by atoms with E-state index in [4.69, 9.17) is 16.1 Å². The zero-order chi connectivity index (χ0) is 18.3. The number of nitrogens with zero attached hydrogens (tertiary/aromatic N) is 1. The van der Waals surface area contributed by atoms with Crippen molar-refractivity contribution >= 4 is 23.2 Å². The molecule has 2 aromatic carbocycles. The fourth-order valence-corrected chi connectivity index (χ4v) is 2.93. The summed E-state index contributed by atoms with van der Waals surface area (Å²) in [5, 5.41) is 7.15. The fraction of sp³-hybridized carbons (Fsp3) is 0.158. The van der Waals surface area contributed by atoms with Crippen LogP contribution in [-0.2, 0) is 10.2 Å². The molecule has 1 heterocycles. The molecule has 0 atom stereocenters. The summed E-state index contributed by atoms with van der Waals surface area (Å²) in [6, 6.07) is 11.8. The standard InChI is InChI=1S/C19H13ClF2N2O2/c20-12-3-1-11(2-4-12)16-10-17(24-26-16)19(7-8-19)18(25)23-15-6-5-13(21)9-14(15)22/h1-6,9-10H,7-8H2,(H,23,25). The molecule has 4 nitrogen and oxygen atoms in total. The molecule has 4 rings (SSSR count). The number of hydrogen-bond donors (Lipinski definition) is 1. The van der Waals surface area contributed by atoms with E-state index in [1.165, 1.54) is 6.07 Å². The zero-order valence-electron chi connectivity index (χ0n) is 13.4. The second-order valence-corrected chi connectivity index (χ2v) is 6.68. The van der Waals surface area contributed by atoms with Crippen molar-refractivity contribution in [1.82, 2.24) is 5.16 Å². The van der Waals surface area contributed by atoms with Gasteiger partial charge in [0.25, 0.3) is 0 Å². The molecule has 0 aliphatic heterocycles. The first kappa shape index (κ1) is 16.7. The van der Waals surface area contributed by atoms with Gasteiger partial charge in [0.2, 0.25) is 5.91 Å². The van der Waals surface area contributed by atoms with E-state index in [1.54, 1.807) is 30.3 Å². The topological polar surface area (TPSA) is 55.1 Å². The van der Waals surface area contributed by atoms with Gasteiger partial charge in [-0.1, -0.05) is 16.8 Å². The number of amides is 1. The Morgan fingerprint density at radius 1 is 1.12 bits per heavy atom. The Morgan fingerprint density at radius 2 is 1.85 bits per heavy atom. The van der Waals surface area contributed by atoms with Crippen molar-refractivity contribution in [2.45, 2.75) is 18.3 Å². The number of carbonyl (C=O) groups excluding carboxylic acids is 1. The predicted molar refractivity (Wildman–Crippen MR) is 92.8 cm³/mol. The van der Waals surface area contributed by atoms with Crippen molar-refractivity contribution in [2.75, 3.05) is 5.32 Å². The Hall–Kier alpha value is -2.73. The first-order valence-electron chi connectivity index (χ1n) is 7.98. The maximum absolute atomic E-state index is 13.8. The lowest BCUT2D eigenvalue weighted by atomic mass is 10.00. The fourth-order valence-electron chi connectivity index (χ4n) is 2.81. The van der Waals surface area contributed by atoms with Crippen LogP contribution in [0.5, 0.6) is 0 Å². The Labute approximate surface area is 152 Å². The number of rotatable bonds is 4. The summed E-state index contributed by atoms with van der Waals surface area (Å²) in [5.74, 6) is -1.40. The third kappa shape index (κ3) is 2.97. The monoisotopic (exact) mass is 374 g/mol. The molecule has 1 aromatic heterocycles. The van der Waals surface area contributed by atoms with E-state index in [0.717, 1.165) is 17.7 Å². The molecule has 1 amide bonds. The maximum atomic E-state index is 13.8. The first-order chi connectivity index (χ1) is 12.5. The summed E-state index contributed by atoms with van der Waals surface area (Å²) < 4.78 is 32.1. The van der Waals surface area contributed by atoms with Crippen molar-refractivity contribution in [1.29, 1.82) is 0 Å². The molecule has 0 radical (unpaired) electrons. The summed E-state index contributed by atoms with van der Waals surface area (Å²) in [4.78, 5) is 12.7. The molecule has 0 bridgehead atoms. The Morgan fingerprint density at radius 3 is 2.50 bits per heavy atom. The van der Waals surface area contributed by atoms with E-state index in [2.05, 4.69) is 10.5 Å². The third-order valence-corrected chi connectivity index (χ3v) is 4.75. The minimum atomic E-state index is -0.852. The number of benzene rings is 2. The van der Waals surface area contributed by atoms with E-state index in [0.29, 0.717) is 29.3 Å². The van der Waals surface area contributed by atoms with Gasteiger partial charge in [-0.05, 0) is 49.2 Å². The molecular formula is C19H13ClF2N2O2. The van der Waals surface area contributed by atoms with Gasteiger partial charge in [-0.3, -0.25) is 4.79 Å². The minimum absolute atomic E-state index is 0.0657. The van der Waals surface area contributed by atoms with Crippen molar-refractivity contribution < 1.29 is 18.1 Å². The first-order valence-corrected chi connectivity index (χ1v) is 8.35. The van der Waals surface area contributed by atoms with Crippen LogP contribution in [0.15, 0.2) is 53.1 Å². The van der Waals surface area contributed by atoms with Crippen LogP contribution in [-0.4, -0.2) is 11.1 Å². The molecule has 132 valence electrons. The van der Waals surface area contributed by atoms with Gasteiger partial charge in [0.05, 0.1) is 16.8 Å². The highest BCUT2D eigenvalue weighted by Crippen LogP contribution is 2.49. The number of hydrogen-bond acceptors (Lipinski definition) is 3. The molecule has 1 N–H and O–H groups in total. The molecule has 1 fully saturated rings. The zero-order valence-corrected chi connectivity index (χ0v) is 14.2. The van der Waals surface area contributed by atoms with Crippen LogP contribution in [0.3, 0.4) is 0 Å². The van der Waals surface area contributed by atoms with E-state index in [1.807, 2.05) is 0 Å². The molecule has 1 aliphatic rings. The minimum Gasteiger partial charge on any atom is -0.356 e. The number of halogens is 3. The van der Waals surface area contributed by atoms with E-state index < -0.39 is 17.0 Å². The Balaban J connectivity index is 1.57. The summed E-state index contributed by atoms with van der Waals surface area (Å²) in [6.07, 6.45) is 1.16. The van der Waals surface area contributed by atoms with Gasteiger partial charge in [-0.15, -0.1) is 0 Å². The molecule has 0 unspecified atom stereocenters. The Kier molecular flexibility index (Phi) is 4.00. The lowest BCUT2D eigenvalue weighted by molar-refractivity contribution is -0.118. The second kappa shape index (κ2) is 6.21. The van der Waals surface area contributed by atoms with Crippen molar-refractivity contribution in [3.8, 4) is 11.3 Å². The van der Waals surface area contributed by atoms with Gasteiger partial charge >= 0.3 is 0 Å². The second-order valence-electron chi connectivity index (χ2n) is 6.24. The van der Waals surface area contributed by atoms with Crippen molar-refractivity contribution in [3.63, 3.8) is 0 Å². The lowest BCUT2D eigenvalue weighted by Crippen LogP contribution is -2.28. The number of aromatic nitrogens is 1. The summed E-state index contributed by atoms with van der Waals surface area (Å²) in [7, 11) is 0. The van der Waals surface area contributed by atoms with E-state index in [-0.39, 0.29) is 11.6 Å². The molecule has 1 aliphatic carbocycles. The van der Waals surface area contributed by atoms with E-state index in [9.17, 15) is 13.6 Å². The van der Waals surface area contributed by atoms with Gasteiger partial charge in [0.15, 0.2) is 5.76 Å². The molecule has 0 spiro atoms. The number of carbonyl (C=O) groups is 1. The Bertz CT molecular complexity index is 981. The molecular weight excluding hydrogens is 362 g/mol. The van der Waals surface area contributed by atoms with Crippen LogP contribution in [0.2, 0.25) is 5.02 Å². The van der Waals surface area contributed by atoms with Crippen LogP contribution in [0, 0.1) is 11.6 Å². The smallest absolute Gasteiger partial charge is 0.236 e. The van der Waals surface area contributed by atoms with Gasteiger partial charge in [0, 0.05) is 22.7 Å². The van der Waals surface area contributed by atoms with Crippen LogP contribution < -0.4 is 5.32 Å². The van der Waals surface area contributed by atoms with Crippen molar-refractivity contribution in [3.05, 3.63) is 70.9 Å². The summed E-state index contributed by atoms with van der Waals surface area (Å²) in [6.45, 7) is 0. The average Bonchev–Trinajstić information content (AvgIpc) is 3.29. The van der Waals surface area contributed by atoms with Crippen LogP contribution in [0.25, 0.3) is 11.3 Å². The lowest BCUT2D eigenvalue weighted by Gasteiger charge is -2.13. The SMILES string of the molecule is O=C(Nc1ccc(F)cc1F)C1(c2cc(-c3ccc(Cl)cc3)on2)CC1. The highest BCUT2D eigenvalue weighted by Gasteiger charge is 2.54. The van der Waals surface area contributed by atoms with Crippen LogP contribution in [0.4, 0.5) is 14.5 Å². The van der Waals surface area contributed by atoms with Gasteiger partial charge in [-0.2, -0.15) is 0 Å². The maximum Gasteiger partial charge on any atom is 0.236 e. The quantitative estimate of drug-likeness (QED) is 0.703. The summed E-state index contributed by atoms with van der Waals surface area (Å²) >= 11 is 5.87. The molecule has 3 aromatic rings. The van der Waals surface area contributed by atoms with Crippen LogP contribution >= 0.6 is 11.6 Å². The largest absolute Gasteiger partial charge is 0.356 e. The molecule has 0 saturated heterocycles. The van der Waals surface area contributed by atoms with Gasteiger partial charge < -0.3 is 9.84 Å². The van der Waals surface area contributed by atoms with E-state index >= 15 is 0 Å². The van der Waals surface area contributed by atoms with Gasteiger partial charge in [0.1, 0.15) is 11.6 Å². The normalized spacial score (nSPS) is 14.9. The van der Waals surface area contributed by atoms with Crippen molar-refractivity contribution in [2.24, 2.45) is 0 Å².